The van der Waals surface area contributed by atoms with E-state index in [0.717, 1.165) is 6.42 Å². The average Bonchev–Trinajstić information content (AvgIpc) is 3.67. The molecule has 6 aromatic rings. The zero-order valence-corrected chi connectivity index (χ0v) is 34.4. The number of rotatable bonds is 6. The third kappa shape index (κ3) is 4.75. The number of aryl methyl sites for hydroxylation is 2. The standard InChI is InChI=1S/C54H54O/c1-12-54(22-13-23-55)46-28-38(36-16-20-42-44(26-36)52(8,9)48-24-30(2)32(4)34(6)50(42)48)14-18-40(46)41-19-15-39(29-47(41)54)37-17-21-43-45(27-37)53(10,11)49-25-31(3)33(5)35(7)51(43)49/h12,14-21,24-29,55H,1,13,22-23H2,2-11H3. The van der Waals surface area contributed by atoms with Crippen LogP contribution in [0.3, 0.4) is 0 Å². The van der Waals surface area contributed by atoms with Gasteiger partial charge in [-0.15, -0.1) is 6.58 Å². The van der Waals surface area contributed by atoms with Crippen molar-refractivity contribution in [1.29, 1.82) is 0 Å². The highest BCUT2D eigenvalue weighted by atomic mass is 16.2. The molecule has 1 nitrogen and oxygen atoms in total. The van der Waals surface area contributed by atoms with Crippen molar-refractivity contribution >= 4 is 0 Å². The van der Waals surface area contributed by atoms with Gasteiger partial charge in [-0.2, -0.15) is 0 Å². The quantitative estimate of drug-likeness (QED) is 0.170. The molecule has 276 valence electrons. The molecule has 3 aliphatic carbocycles. The Hall–Kier alpha value is -4.98. The Balaban J connectivity index is 1.14. The van der Waals surface area contributed by atoms with Crippen LogP contribution in [0.2, 0.25) is 0 Å². The summed E-state index contributed by atoms with van der Waals surface area (Å²) < 4.78 is 0. The molecule has 0 saturated carbocycles. The van der Waals surface area contributed by atoms with Gasteiger partial charge in [-0.3, -0.25) is 0 Å². The minimum atomic E-state index is -0.407. The molecule has 9 rings (SSSR count). The summed E-state index contributed by atoms with van der Waals surface area (Å²) in [5.74, 6) is 0. The van der Waals surface area contributed by atoms with Crippen molar-refractivity contribution in [1.82, 2.24) is 0 Å². The van der Waals surface area contributed by atoms with Crippen molar-refractivity contribution in [3.63, 3.8) is 0 Å². The van der Waals surface area contributed by atoms with Crippen LogP contribution in [0.5, 0.6) is 0 Å². The predicted molar refractivity (Wildman–Crippen MR) is 234 cm³/mol. The Bertz CT molecular complexity index is 2480. The summed E-state index contributed by atoms with van der Waals surface area (Å²) in [6, 6.07) is 33.2. The topological polar surface area (TPSA) is 20.2 Å². The molecule has 0 radical (unpaired) electrons. The van der Waals surface area contributed by atoms with Gasteiger partial charge in [0.25, 0.3) is 0 Å². The smallest absolute Gasteiger partial charge is 0.0431 e. The van der Waals surface area contributed by atoms with E-state index >= 15 is 0 Å². The van der Waals surface area contributed by atoms with Gasteiger partial charge in [0.1, 0.15) is 0 Å². The van der Waals surface area contributed by atoms with Crippen LogP contribution in [-0.4, -0.2) is 11.7 Å². The zero-order valence-electron chi connectivity index (χ0n) is 34.4. The molecule has 6 aromatic carbocycles. The fourth-order valence-electron chi connectivity index (χ4n) is 10.8. The van der Waals surface area contributed by atoms with Gasteiger partial charge in [0.05, 0.1) is 0 Å². The van der Waals surface area contributed by atoms with E-state index in [1.807, 2.05) is 0 Å². The molecule has 0 spiro atoms. The molecule has 3 aliphatic rings. The monoisotopic (exact) mass is 718 g/mol. The Kier molecular flexibility index (Phi) is 7.80. The maximum atomic E-state index is 10.2. The number of aliphatic hydroxyl groups is 1. The highest BCUT2D eigenvalue weighted by molar-refractivity contribution is 5.91. The number of allylic oxidation sites excluding steroid dienone is 1. The molecular formula is C54H54O. The molecule has 1 N–H and O–H groups in total. The molecule has 0 aromatic heterocycles. The number of benzene rings is 6. The SMILES string of the molecule is C=CC1(CCCO)c2cc(-c3ccc4c(c3)C(C)(C)c3cc(C)c(C)c(C)c3-4)ccc2-c2ccc(-c3ccc4c(c3)C(C)(C)c3cc(C)c(C)c(C)c3-4)cc21. The van der Waals surface area contributed by atoms with Crippen LogP contribution in [0.15, 0.2) is 97.6 Å². The van der Waals surface area contributed by atoms with E-state index in [0.29, 0.717) is 6.42 Å². The average molecular weight is 719 g/mol. The van der Waals surface area contributed by atoms with E-state index in [4.69, 9.17) is 0 Å². The lowest BCUT2D eigenvalue weighted by atomic mass is 9.73. The summed E-state index contributed by atoms with van der Waals surface area (Å²) in [7, 11) is 0. The summed E-state index contributed by atoms with van der Waals surface area (Å²) in [6.45, 7) is 27.8. The van der Waals surface area contributed by atoms with Gasteiger partial charge in [0, 0.05) is 22.9 Å². The highest BCUT2D eigenvalue weighted by Gasteiger charge is 2.42. The third-order valence-electron chi connectivity index (χ3n) is 14.6. The van der Waals surface area contributed by atoms with Gasteiger partial charge in [0.2, 0.25) is 0 Å². The van der Waals surface area contributed by atoms with Crippen LogP contribution in [-0.2, 0) is 16.2 Å². The summed E-state index contributed by atoms with van der Waals surface area (Å²) in [6.07, 6.45) is 3.66. The van der Waals surface area contributed by atoms with Gasteiger partial charge in [0.15, 0.2) is 0 Å². The van der Waals surface area contributed by atoms with Crippen LogP contribution in [0.4, 0.5) is 0 Å². The second kappa shape index (κ2) is 12.0. The lowest BCUT2D eigenvalue weighted by Crippen LogP contribution is -2.23. The lowest BCUT2D eigenvalue weighted by molar-refractivity contribution is 0.276. The fourth-order valence-corrected chi connectivity index (χ4v) is 10.8. The Morgan fingerprint density at radius 1 is 0.473 bits per heavy atom. The second-order valence-electron chi connectivity index (χ2n) is 18.0. The maximum Gasteiger partial charge on any atom is 0.0431 e. The molecule has 0 saturated heterocycles. The van der Waals surface area contributed by atoms with Gasteiger partial charge in [-0.25, -0.2) is 0 Å². The van der Waals surface area contributed by atoms with Crippen molar-refractivity contribution in [2.24, 2.45) is 0 Å². The molecule has 0 atom stereocenters. The van der Waals surface area contributed by atoms with E-state index in [-0.39, 0.29) is 17.4 Å². The Morgan fingerprint density at radius 2 is 0.836 bits per heavy atom. The molecule has 0 aliphatic heterocycles. The van der Waals surface area contributed by atoms with Crippen LogP contribution >= 0.6 is 0 Å². The minimum absolute atomic E-state index is 0.0778. The lowest BCUT2D eigenvalue weighted by Gasteiger charge is -2.29. The minimum Gasteiger partial charge on any atom is -0.396 e. The molecule has 0 heterocycles. The summed E-state index contributed by atoms with van der Waals surface area (Å²) in [5, 5.41) is 10.2. The molecular weight excluding hydrogens is 665 g/mol. The Labute approximate surface area is 328 Å². The number of hydrogen-bond donors (Lipinski definition) is 1. The van der Waals surface area contributed by atoms with E-state index in [1.165, 1.54) is 122 Å². The van der Waals surface area contributed by atoms with Crippen LogP contribution in [0.25, 0.3) is 55.6 Å². The van der Waals surface area contributed by atoms with E-state index in [2.05, 4.69) is 167 Å². The van der Waals surface area contributed by atoms with E-state index in [1.54, 1.807) is 0 Å². The highest BCUT2D eigenvalue weighted by Crippen LogP contribution is 2.56. The van der Waals surface area contributed by atoms with E-state index < -0.39 is 5.41 Å². The molecule has 0 fully saturated rings. The van der Waals surface area contributed by atoms with Crippen molar-refractivity contribution in [3.8, 4) is 55.6 Å². The summed E-state index contributed by atoms with van der Waals surface area (Å²) in [5.41, 5.74) is 29.1. The van der Waals surface area contributed by atoms with Crippen LogP contribution in [0.1, 0.15) is 107 Å². The summed E-state index contributed by atoms with van der Waals surface area (Å²) >= 11 is 0. The molecule has 1 heteroatoms. The van der Waals surface area contributed by atoms with Gasteiger partial charge < -0.3 is 5.11 Å². The van der Waals surface area contributed by atoms with Crippen LogP contribution < -0.4 is 0 Å². The largest absolute Gasteiger partial charge is 0.396 e. The fraction of sp³-hybridized carbons (Fsp3) is 0.296. The first kappa shape index (κ1) is 35.7. The maximum absolute atomic E-state index is 10.2. The number of hydrogen-bond acceptors (Lipinski definition) is 1. The van der Waals surface area contributed by atoms with Crippen molar-refractivity contribution in [3.05, 3.63) is 164 Å². The number of aliphatic hydroxyl groups excluding tert-OH is 1. The molecule has 0 bridgehead atoms. The zero-order chi connectivity index (χ0) is 38.9. The predicted octanol–water partition coefficient (Wildman–Crippen LogP) is 13.7. The van der Waals surface area contributed by atoms with Gasteiger partial charge >= 0.3 is 0 Å². The molecule has 0 unspecified atom stereocenters. The molecule has 55 heavy (non-hydrogen) atoms. The molecule has 0 amide bonds. The van der Waals surface area contributed by atoms with E-state index in [9.17, 15) is 5.11 Å². The van der Waals surface area contributed by atoms with Crippen molar-refractivity contribution in [2.75, 3.05) is 6.61 Å². The van der Waals surface area contributed by atoms with Crippen molar-refractivity contribution in [2.45, 2.75) is 98.3 Å². The first-order valence-electron chi connectivity index (χ1n) is 20.2. The van der Waals surface area contributed by atoms with Crippen LogP contribution in [0, 0.1) is 41.5 Å². The first-order valence-corrected chi connectivity index (χ1v) is 20.2. The summed E-state index contributed by atoms with van der Waals surface area (Å²) in [4.78, 5) is 0. The number of fused-ring (bicyclic) bond motifs is 9. The van der Waals surface area contributed by atoms with Gasteiger partial charge in [-0.05, 0) is 201 Å². The Morgan fingerprint density at radius 3 is 1.20 bits per heavy atom. The normalized spacial score (nSPS) is 15.9. The third-order valence-corrected chi connectivity index (χ3v) is 14.6. The second-order valence-corrected chi connectivity index (χ2v) is 18.0. The first-order chi connectivity index (χ1) is 26.1. The van der Waals surface area contributed by atoms with Crippen molar-refractivity contribution < 1.29 is 5.11 Å². The van der Waals surface area contributed by atoms with Gasteiger partial charge in [-0.1, -0.05) is 94.4 Å².